The van der Waals surface area contributed by atoms with Gasteiger partial charge >= 0.3 is 0 Å². The number of methoxy groups -OCH3 is 1. The van der Waals surface area contributed by atoms with Crippen LogP contribution in [0.25, 0.3) is 11.3 Å². The number of ether oxygens (including phenoxy) is 1. The number of aryl methyl sites for hydroxylation is 1. The minimum atomic E-state index is -0.189. The van der Waals surface area contributed by atoms with Gasteiger partial charge in [0, 0.05) is 27.0 Å². The number of nitrogens with one attached hydrogen (secondary N) is 1. The van der Waals surface area contributed by atoms with E-state index in [0.717, 1.165) is 26.9 Å². The summed E-state index contributed by atoms with van der Waals surface area (Å²) in [6.07, 6.45) is 0. The summed E-state index contributed by atoms with van der Waals surface area (Å²) < 4.78 is 5.19. The molecule has 0 bridgehead atoms. The molecule has 1 amide bonds. The fourth-order valence-electron chi connectivity index (χ4n) is 2.86. The number of hydrogen-bond acceptors (Lipinski definition) is 7. The molecule has 4 aromatic rings. The van der Waals surface area contributed by atoms with Gasteiger partial charge in [0.1, 0.15) is 5.75 Å². The minimum absolute atomic E-state index is 0.189. The molecule has 0 aliphatic rings. The van der Waals surface area contributed by atoms with Crippen LogP contribution < -0.4 is 10.1 Å². The molecule has 0 spiro atoms. The number of halogens is 1. The predicted octanol–water partition coefficient (Wildman–Crippen LogP) is 6.78. The molecule has 5 nitrogen and oxygen atoms in total. The maximum Gasteiger partial charge on any atom is 0.258 e. The Morgan fingerprint density at radius 1 is 1.16 bits per heavy atom. The smallest absolute Gasteiger partial charge is 0.258 e. The van der Waals surface area contributed by atoms with Gasteiger partial charge in [-0.2, -0.15) is 0 Å². The van der Waals surface area contributed by atoms with Crippen LogP contribution in [0.5, 0.6) is 5.75 Å². The number of carbonyl (C=O) groups is 1. The maximum absolute atomic E-state index is 12.9. The van der Waals surface area contributed by atoms with Crippen molar-refractivity contribution in [3.8, 4) is 17.0 Å². The van der Waals surface area contributed by atoms with E-state index in [1.165, 1.54) is 11.3 Å². The molecule has 4 rings (SSSR count). The van der Waals surface area contributed by atoms with Crippen LogP contribution >= 0.6 is 46.0 Å². The molecule has 0 aliphatic carbocycles. The van der Waals surface area contributed by atoms with Crippen molar-refractivity contribution in [3.05, 3.63) is 74.5 Å². The molecule has 0 radical (unpaired) electrons. The standard InChI is InChI=1S/C22H18ClN3O2S3/c1-13-24-15(10-29-13)11-30-20-6-4-3-5-16(20)21(27)26-22-25-18(12-31-22)14-7-8-19(28-2)17(23)9-14/h3-10,12H,11H2,1-2H3,(H,25,26,27). The zero-order valence-corrected chi connectivity index (χ0v) is 19.9. The van der Waals surface area contributed by atoms with E-state index in [9.17, 15) is 4.79 Å². The number of benzene rings is 2. The van der Waals surface area contributed by atoms with E-state index in [-0.39, 0.29) is 5.91 Å². The van der Waals surface area contributed by atoms with E-state index < -0.39 is 0 Å². The Balaban J connectivity index is 1.47. The third-order valence-electron chi connectivity index (χ3n) is 4.35. The molecule has 0 saturated carbocycles. The number of nitrogens with zero attached hydrogens (tertiary/aromatic N) is 2. The van der Waals surface area contributed by atoms with Crippen molar-refractivity contribution in [1.82, 2.24) is 9.97 Å². The van der Waals surface area contributed by atoms with Crippen LogP contribution in [0, 0.1) is 6.92 Å². The van der Waals surface area contributed by atoms with Gasteiger partial charge in [0.15, 0.2) is 5.13 Å². The quantitative estimate of drug-likeness (QED) is 0.291. The molecule has 0 aliphatic heterocycles. The van der Waals surface area contributed by atoms with Gasteiger partial charge < -0.3 is 4.74 Å². The normalized spacial score (nSPS) is 10.8. The third-order valence-corrected chi connectivity index (χ3v) is 7.33. The summed E-state index contributed by atoms with van der Waals surface area (Å²) in [5, 5.41) is 8.93. The minimum Gasteiger partial charge on any atom is -0.495 e. The molecule has 0 saturated heterocycles. The topological polar surface area (TPSA) is 64.1 Å². The monoisotopic (exact) mass is 487 g/mol. The van der Waals surface area contributed by atoms with Gasteiger partial charge in [-0.15, -0.1) is 34.4 Å². The Morgan fingerprint density at radius 2 is 2.00 bits per heavy atom. The Hall–Kier alpha value is -2.39. The number of hydrogen-bond donors (Lipinski definition) is 1. The lowest BCUT2D eigenvalue weighted by Crippen LogP contribution is -2.12. The molecule has 0 atom stereocenters. The van der Waals surface area contributed by atoms with Gasteiger partial charge in [-0.05, 0) is 37.3 Å². The Kier molecular flexibility index (Phi) is 6.92. The first-order chi connectivity index (χ1) is 15.0. The summed E-state index contributed by atoms with van der Waals surface area (Å²) in [6.45, 7) is 1.99. The van der Waals surface area contributed by atoms with Gasteiger partial charge in [0.05, 0.1) is 34.1 Å². The second-order valence-electron chi connectivity index (χ2n) is 6.48. The van der Waals surface area contributed by atoms with E-state index in [0.29, 0.717) is 27.2 Å². The number of rotatable bonds is 7. The summed E-state index contributed by atoms with van der Waals surface area (Å²) in [7, 11) is 1.57. The lowest BCUT2D eigenvalue weighted by Gasteiger charge is -2.08. The molecular formula is C22H18ClN3O2S3. The van der Waals surface area contributed by atoms with Crippen LogP contribution in [0.3, 0.4) is 0 Å². The predicted molar refractivity (Wildman–Crippen MR) is 130 cm³/mol. The van der Waals surface area contributed by atoms with Crippen LogP contribution in [0.1, 0.15) is 21.1 Å². The maximum atomic E-state index is 12.9. The van der Waals surface area contributed by atoms with Crippen LogP contribution in [-0.4, -0.2) is 23.0 Å². The van der Waals surface area contributed by atoms with Crippen LogP contribution in [-0.2, 0) is 5.75 Å². The molecule has 2 aromatic carbocycles. The summed E-state index contributed by atoms with van der Waals surface area (Å²) in [5.41, 5.74) is 3.23. The Bertz CT molecular complexity index is 1220. The fraction of sp³-hybridized carbons (Fsp3) is 0.136. The van der Waals surface area contributed by atoms with Gasteiger partial charge in [-0.25, -0.2) is 9.97 Å². The highest BCUT2D eigenvalue weighted by molar-refractivity contribution is 7.98. The largest absolute Gasteiger partial charge is 0.495 e. The van der Waals surface area contributed by atoms with E-state index in [1.807, 2.05) is 48.0 Å². The van der Waals surface area contributed by atoms with Crippen molar-refractivity contribution in [2.75, 3.05) is 12.4 Å². The first-order valence-corrected chi connectivity index (χ1v) is 12.4. The fourth-order valence-corrected chi connectivity index (χ4v) is 5.49. The highest BCUT2D eigenvalue weighted by atomic mass is 35.5. The molecule has 31 heavy (non-hydrogen) atoms. The molecule has 1 N–H and O–H groups in total. The molecular weight excluding hydrogens is 470 g/mol. The first kappa shape index (κ1) is 21.8. The summed E-state index contributed by atoms with van der Waals surface area (Å²) in [6, 6.07) is 13.0. The molecule has 0 unspecified atom stereocenters. The first-order valence-electron chi connectivity index (χ1n) is 9.27. The summed E-state index contributed by atoms with van der Waals surface area (Å²) in [5.74, 6) is 1.14. The van der Waals surface area contributed by atoms with Crippen molar-refractivity contribution in [3.63, 3.8) is 0 Å². The number of aromatic nitrogens is 2. The lowest BCUT2D eigenvalue weighted by atomic mass is 10.2. The number of carbonyl (C=O) groups excluding carboxylic acids is 1. The zero-order valence-electron chi connectivity index (χ0n) is 16.7. The van der Waals surface area contributed by atoms with Crippen LogP contribution in [0.4, 0.5) is 5.13 Å². The van der Waals surface area contributed by atoms with Crippen molar-refractivity contribution < 1.29 is 9.53 Å². The zero-order chi connectivity index (χ0) is 21.8. The van der Waals surface area contributed by atoms with Gasteiger partial charge in [-0.3, -0.25) is 10.1 Å². The summed E-state index contributed by atoms with van der Waals surface area (Å²) >= 11 is 10.8. The van der Waals surface area contributed by atoms with Crippen molar-refractivity contribution in [2.45, 2.75) is 17.6 Å². The number of anilines is 1. The van der Waals surface area contributed by atoms with Crippen molar-refractivity contribution in [1.29, 1.82) is 0 Å². The molecule has 158 valence electrons. The van der Waals surface area contributed by atoms with Crippen LogP contribution in [0.2, 0.25) is 5.02 Å². The van der Waals surface area contributed by atoms with Gasteiger partial charge in [-0.1, -0.05) is 23.7 Å². The number of amides is 1. The van der Waals surface area contributed by atoms with E-state index in [4.69, 9.17) is 16.3 Å². The molecule has 2 aromatic heterocycles. The Labute approximate surface area is 197 Å². The average Bonchev–Trinajstić information content (AvgIpc) is 3.41. The molecule has 2 heterocycles. The highest BCUT2D eigenvalue weighted by Gasteiger charge is 2.15. The second-order valence-corrected chi connectivity index (χ2v) is 9.83. The van der Waals surface area contributed by atoms with Crippen molar-refractivity contribution >= 4 is 57.1 Å². The number of thioether (sulfide) groups is 1. The van der Waals surface area contributed by atoms with Crippen molar-refractivity contribution in [2.24, 2.45) is 0 Å². The second kappa shape index (κ2) is 9.82. The highest BCUT2D eigenvalue weighted by Crippen LogP contribution is 2.32. The number of thiazole rings is 2. The van der Waals surface area contributed by atoms with Crippen LogP contribution in [0.15, 0.2) is 58.1 Å². The molecule has 9 heteroatoms. The Morgan fingerprint density at radius 3 is 2.74 bits per heavy atom. The lowest BCUT2D eigenvalue weighted by molar-refractivity contribution is 0.102. The van der Waals surface area contributed by atoms with E-state index >= 15 is 0 Å². The van der Waals surface area contributed by atoms with Gasteiger partial charge in [0.2, 0.25) is 0 Å². The third kappa shape index (κ3) is 5.27. The van der Waals surface area contributed by atoms with E-state index in [1.54, 1.807) is 42.3 Å². The SMILES string of the molecule is COc1ccc(-c2csc(NC(=O)c3ccccc3SCc3csc(C)n3)n2)cc1Cl. The average molecular weight is 488 g/mol. The van der Waals surface area contributed by atoms with E-state index in [2.05, 4.69) is 15.3 Å². The molecule has 0 fully saturated rings. The van der Waals surface area contributed by atoms with Gasteiger partial charge in [0.25, 0.3) is 5.91 Å². The summed E-state index contributed by atoms with van der Waals surface area (Å²) in [4.78, 5) is 22.9.